The van der Waals surface area contributed by atoms with Gasteiger partial charge in [0.2, 0.25) is 31.9 Å². The van der Waals surface area contributed by atoms with Crippen molar-refractivity contribution in [2.75, 3.05) is 49.3 Å². The van der Waals surface area contributed by atoms with E-state index in [0.29, 0.717) is 121 Å². The SMILES string of the molecule is CNC(=O)c1c(-c2cc[n+](-c3cc(F)c4cc5n(c4c3)CCc3ccc(-c4cc6c(C(=O)NC)c(-c7c(C)n[nH]c7C)oc6cc4N(C)S(C)(=O)=O)nc3-5)[nH]2)oc2cc(N(C)S(C)(=O)=O)c(-c3ccc4c(n3)-c3cc5c(F)cccc5n3CC4)cc12. The zero-order chi connectivity index (χ0) is 60.2. The van der Waals surface area contributed by atoms with E-state index in [-0.39, 0.29) is 51.0 Å². The third kappa shape index (κ3) is 8.31. The first-order valence-electron chi connectivity index (χ1n) is 27.4. The minimum absolute atomic E-state index is 0.125. The maximum absolute atomic E-state index is 16.8. The Balaban J connectivity index is 0.860. The number of pyridine rings is 2. The number of rotatable bonds is 11. The van der Waals surface area contributed by atoms with E-state index in [1.54, 1.807) is 66.3 Å². The molecule has 0 radical (unpaired) electrons. The molecule has 0 saturated heterocycles. The van der Waals surface area contributed by atoms with Gasteiger partial charge in [-0.05, 0) is 86.3 Å². The van der Waals surface area contributed by atoms with Crippen molar-refractivity contribution in [2.24, 2.45) is 0 Å². The lowest BCUT2D eigenvalue weighted by molar-refractivity contribution is -0.654. The number of anilines is 2. The van der Waals surface area contributed by atoms with Gasteiger partial charge in [-0.1, -0.05) is 22.9 Å². The van der Waals surface area contributed by atoms with E-state index in [0.717, 1.165) is 43.5 Å². The molecule has 0 aliphatic carbocycles. The van der Waals surface area contributed by atoms with Crippen molar-refractivity contribution in [3.8, 4) is 73.8 Å². The molecule has 2 amide bonds. The summed E-state index contributed by atoms with van der Waals surface area (Å²) in [6, 6.07) is 27.4. The number of fused-ring (bicyclic) bond motifs is 12. The van der Waals surface area contributed by atoms with Gasteiger partial charge >= 0.3 is 0 Å². The Labute approximate surface area is 489 Å². The number of hydrogen-bond acceptors (Lipinski definition) is 11. The minimum Gasteiger partial charge on any atom is -0.455 e. The van der Waals surface area contributed by atoms with Crippen molar-refractivity contribution in [3.05, 3.63) is 149 Å². The van der Waals surface area contributed by atoms with Gasteiger partial charge in [0.05, 0.1) is 91.5 Å². The van der Waals surface area contributed by atoms with Gasteiger partial charge in [-0.2, -0.15) is 10.2 Å². The predicted octanol–water partition coefficient (Wildman–Crippen LogP) is 9.73. The van der Waals surface area contributed by atoms with Gasteiger partial charge in [0, 0.05) is 110 Å². The average molecular weight is 1200 g/mol. The number of nitrogens with zero attached hydrogens (tertiary/aromatic N) is 8. The number of aromatic amines is 2. The monoisotopic (exact) mass is 1200 g/mol. The zero-order valence-corrected chi connectivity index (χ0v) is 49.2. The Kier molecular flexibility index (Phi) is 12.1. The highest BCUT2D eigenvalue weighted by Gasteiger charge is 2.33. The predicted molar refractivity (Wildman–Crippen MR) is 323 cm³/mol. The van der Waals surface area contributed by atoms with Gasteiger partial charge in [-0.15, -0.1) is 0 Å². The number of hydrogen-bond donors (Lipinski definition) is 4. The van der Waals surface area contributed by atoms with Gasteiger partial charge in [0.1, 0.15) is 28.5 Å². The molecule has 0 saturated carbocycles. The van der Waals surface area contributed by atoms with Crippen LogP contribution in [0.3, 0.4) is 0 Å². The number of amides is 2. The molecule has 24 heteroatoms. The maximum atomic E-state index is 16.8. The van der Waals surface area contributed by atoms with Crippen LogP contribution in [0.1, 0.15) is 43.2 Å². The van der Waals surface area contributed by atoms with E-state index in [2.05, 4.69) is 25.9 Å². The molecule has 2 aliphatic rings. The highest BCUT2D eigenvalue weighted by Crippen LogP contribution is 2.46. The standard InChI is InChI=1S/C62H52F2N12O8S2/c1-30-54(31(2)70-69-30)60-56(62(78)66-4)40-25-38(48(29-53(40)84-60)73(6)86(8,81)82)44-15-13-33-17-20-75-49-23-34(22-42(64)36(49)27-51(75)58(33)68-44)76-21-18-45(71-76)59-55(61(77)65-3)39-24-37(47(28-52(39)83-59)72(5)85(7,79)80)43-14-12-32-16-19-74-46-11-9-10-41(63)35(46)26-50(74)57(32)67-43/h9-15,18,21-29H,16-17,19-20H2,1-8H3,(H3,65,66,69,70,77,78)/p+1. The summed E-state index contributed by atoms with van der Waals surface area (Å²) in [7, 11) is -1.85. The molecular weight excluding hydrogens is 1140 g/mol. The molecule has 14 rings (SSSR count). The van der Waals surface area contributed by atoms with Crippen LogP contribution in [0.15, 0.2) is 112 Å². The molecule has 434 valence electrons. The van der Waals surface area contributed by atoms with Gasteiger partial charge in [0.25, 0.3) is 11.8 Å². The number of carbonyl (C=O) groups is 2. The second-order valence-electron chi connectivity index (χ2n) is 21.8. The van der Waals surface area contributed by atoms with Crippen LogP contribution >= 0.6 is 0 Å². The number of aromatic nitrogens is 8. The third-order valence-corrected chi connectivity index (χ3v) is 19.1. The topological polar surface area (TPSA) is 243 Å². The molecule has 0 atom stereocenters. The van der Waals surface area contributed by atoms with E-state index in [9.17, 15) is 26.4 Å². The fourth-order valence-corrected chi connectivity index (χ4v) is 13.3. The van der Waals surface area contributed by atoms with Gasteiger partial charge in [-0.3, -0.25) is 23.3 Å². The number of H-pyrrole nitrogens is 2. The second-order valence-corrected chi connectivity index (χ2v) is 25.8. The Morgan fingerprint density at radius 2 is 1.19 bits per heavy atom. The fourth-order valence-electron chi connectivity index (χ4n) is 12.3. The highest BCUT2D eigenvalue weighted by molar-refractivity contribution is 7.92. The zero-order valence-electron chi connectivity index (χ0n) is 47.6. The molecular formula is C62H53F2N12O8S2+. The van der Waals surface area contributed by atoms with Crippen LogP contribution in [-0.4, -0.2) is 104 Å². The van der Waals surface area contributed by atoms with E-state index in [1.165, 1.54) is 40.3 Å². The quantitative estimate of drug-likeness (QED) is 0.0888. The number of furan rings is 2. The van der Waals surface area contributed by atoms with Gasteiger partial charge in [0.15, 0.2) is 11.5 Å². The van der Waals surface area contributed by atoms with E-state index in [1.807, 2.05) is 52.5 Å². The molecule has 86 heavy (non-hydrogen) atoms. The Bertz CT molecular complexity index is 5190. The lowest BCUT2D eigenvalue weighted by Crippen LogP contribution is -2.32. The first-order chi connectivity index (χ1) is 41.1. The molecule has 20 nitrogen and oxygen atoms in total. The summed E-state index contributed by atoms with van der Waals surface area (Å²) in [5, 5.41) is 17.6. The number of nitrogens with one attached hydrogen (secondary N) is 4. The van der Waals surface area contributed by atoms with Crippen molar-refractivity contribution in [1.82, 2.24) is 45.0 Å². The molecule has 2 aliphatic heterocycles. The number of halogens is 2. The molecule has 0 fully saturated rings. The third-order valence-electron chi connectivity index (χ3n) is 16.8. The molecule has 0 bridgehead atoms. The molecule has 0 spiro atoms. The van der Waals surface area contributed by atoms with Crippen molar-refractivity contribution >= 4 is 87.0 Å². The van der Waals surface area contributed by atoms with Crippen LogP contribution in [0.2, 0.25) is 0 Å². The van der Waals surface area contributed by atoms with Gasteiger partial charge < -0.3 is 28.6 Å². The van der Waals surface area contributed by atoms with Gasteiger partial charge in [-0.25, -0.2) is 35.6 Å². The second kappa shape index (κ2) is 19.3. The maximum Gasteiger partial charge on any atom is 0.255 e. The number of sulfonamides is 2. The van der Waals surface area contributed by atoms with Crippen molar-refractivity contribution in [2.45, 2.75) is 39.8 Å². The summed E-state index contributed by atoms with van der Waals surface area (Å²) in [5.41, 5.74) is 11.2. The molecule has 0 unspecified atom stereocenters. The smallest absolute Gasteiger partial charge is 0.255 e. The lowest BCUT2D eigenvalue weighted by Gasteiger charge is -2.23. The molecule has 12 aromatic rings. The van der Waals surface area contributed by atoms with Crippen molar-refractivity contribution < 1.29 is 48.7 Å². The van der Waals surface area contributed by atoms with E-state index < -0.39 is 37.7 Å². The van der Waals surface area contributed by atoms with Crippen LogP contribution < -0.4 is 23.9 Å². The summed E-state index contributed by atoms with van der Waals surface area (Å²) in [4.78, 5) is 38.2. The van der Waals surface area contributed by atoms with Crippen LogP contribution in [0.5, 0.6) is 0 Å². The lowest BCUT2D eigenvalue weighted by atomic mass is 9.98. The summed E-state index contributed by atoms with van der Waals surface area (Å²) >= 11 is 0. The summed E-state index contributed by atoms with van der Waals surface area (Å²) < 4.78 is 106. The Hall–Kier alpha value is -9.94. The summed E-state index contributed by atoms with van der Waals surface area (Å²) in [6.07, 6.45) is 5.02. The first kappa shape index (κ1) is 54.0. The van der Waals surface area contributed by atoms with Crippen molar-refractivity contribution in [1.29, 1.82) is 0 Å². The van der Waals surface area contributed by atoms with Crippen LogP contribution in [0.25, 0.3) is 118 Å². The number of benzene rings is 4. The average Bonchev–Trinajstić information content (AvgIpc) is 1.62. The Morgan fingerprint density at radius 1 is 0.651 bits per heavy atom. The van der Waals surface area contributed by atoms with E-state index in [4.69, 9.17) is 18.8 Å². The normalized spacial score (nSPS) is 13.1. The molecule has 10 heterocycles. The van der Waals surface area contributed by atoms with Crippen LogP contribution in [0, 0.1) is 25.5 Å². The molecule has 8 aromatic heterocycles. The van der Waals surface area contributed by atoms with Crippen molar-refractivity contribution in [3.63, 3.8) is 0 Å². The fraction of sp³-hybridized carbons (Fsp3) is 0.194. The summed E-state index contributed by atoms with van der Waals surface area (Å²) in [5.74, 6) is -1.41. The summed E-state index contributed by atoms with van der Waals surface area (Å²) in [6.45, 7) is 4.70. The highest BCUT2D eigenvalue weighted by atomic mass is 32.2. The molecule has 4 N–H and O–H groups in total. The largest absolute Gasteiger partial charge is 0.455 e. The molecule has 4 aromatic carbocycles. The number of carbonyl (C=O) groups excluding carboxylic acids is 2. The number of aryl methyl sites for hydroxylation is 6. The van der Waals surface area contributed by atoms with E-state index >= 15 is 8.78 Å². The van der Waals surface area contributed by atoms with Crippen LogP contribution in [-0.2, 0) is 46.0 Å². The minimum atomic E-state index is -3.87. The Morgan fingerprint density at radius 3 is 1.72 bits per heavy atom. The first-order valence-corrected chi connectivity index (χ1v) is 31.1. The van der Waals surface area contributed by atoms with Crippen LogP contribution in [0.4, 0.5) is 20.2 Å².